The van der Waals surface area contributed by atoms with E-state index >= 15 is 0 Å². The van der Waals surface area contributed by atoms with Crippen molar-refractivity contribution in [2.75, 3.05) is 6.61 Å². The Hall–Kier alpha value is -3.29. The molecule has 4 aromatic rings. The van der Waals surface area contributed by atoms with Gasteiger partial charge in [-0.2, -0.15) is 5.10 Å². The molecule has 4 atom stereocenters. The molecule has 0 N–H and O–H groups in total. The Morgan fingerprint density at radius 2 is 1.23 bits per heavy atom. The molecule has 3 aromatic carbocycles. The van der Waals surface area contributed by atoms with Crippen LogP contribution >= 0.6 is 0 Å². The molecular formula is C33H38N2O4. The van der Waals surface area contributed by atoms with Gasteiger partial charge in [-0.15, -0.1) is 0 Å². The summed E-state index contributed by atoms with van der Waals surface area (Å²) in [7, 11) is 0. The van der Waals surface area contributed by atoms with Gasteiger partial charge in [-0.25, -0.2) is 4.68 Å². The standard InChI is InChI=1S/C33H38N2O4/c1-3-28-20-29(4-2)35(34-28)33-32(38-23-27-18-12-7-13-19-27)31(37-22-26-16-10-6-11-17-26)30(39-33)24-36-21-25-14-8-5-9-15-25/h5-20,30-33H,3-4,21-24H2,1-2H3/t30-,31-,32-,33?/m1/s1. The zero-order valence-corrected chi connectivity index (χ0v) is 22.8. The number of hydrogen-bond donors (Lipinski definition) is 0. The van der Waals surface area contributed by atoms with Gasteiger partial charge in [-0.1, -0.05) is 105 Å². The number of aryl methyl sites for hydroxylation is 2. The van der Waals surface area contributed by atoms with E-state index in [1.54, 1.807) is 0 Å². The Kier molecular flexibility index (Phi) is 9.57. The molecule has 1 saturated heterocycles. The summed E-state index contributed by atoms with van der Waals surface area (Å²) >= 11 is 0. The van der Waals surface area contributed by atoms with Crippen LogP contribution in [0.25, 0.3) is 0 Å². The summed E-state index contributed by atoms with van der Waals surface area (Å²) in [5.41, 5.74) is 5.50. The lowest BCUT2D eigenvalue weighted by molar-refractivity contribution is -0.0938. The van der Waals surface area contributed by atoms with Gasteiger partial charge in [0.15, 0.2) is 6.23 Å². The average Bonchev–Trinajstić information content (AvgIpc) is 3.57. The van der Waals surface area contributed by atoms with Gasteiger partial charge < -0.3 is 18.9 Å². The maximum atomic E-state index is 6.71. The van der Waals surface area contributed by atoms with Crippen molar-refractivity contribution in [3.05, 3.63) is 125 Å². The third-order valence-corrected chi connectivity index (χ3v) is 7.08. The fraction of sp³-hybridized carbons (Fsp3) is 0.364. The molecule has 1 unspecified atom stereocenters. The van der Waals surface area contributed by atoms with E-state index in [9.17, 15) is 0 Å². The molecule has 2 heterocycles. The maximum absolute atomic E-state index is 6.71. The van der Waals surface area contributed by atoms with Gasteiger partial charge in [-0.05, 0) is 35.6 Å². The van der Waals surface area contributed by atoms with Gasteiger partial charge in [0, 0.05) is 5.69 Å². The third kappa shape index (κ3) is 7.02. The van der Waals surface area contributed by atoms with E-state index in [-0.39, 0.29) is 18.3 Å². The normalized spacial score (nSPS) is 20.9. The Morgan fingerprint density at radius 1 is 0.692 bits per heavy atom. The van der Waals surface area contributed by atoms with E-state index in [0.29, 0.717) is 26.4 Å². The van der Waals surface area contributed by atoms with E-state index < -0.39 is 6.23 Å². The predicted molar refractivity (Wildman–Crippen MR) is 151 cm³/mol. The van der Waals surface area contributed by atoms with E-state index in [4.69, 9.17) is 24.0 Å². The Labute approximate surface area is 231 Å². The van der Waals surface area contributed by atoms with Crippen LogP contribution in [-0.4, -0.2) is 34.7 Å². The second-order valence-corrected chi connectivity index (χ2v) is 9.87. The topological polar surface area (TPSA) is 54.7 Å². The number of nitrogens with zero attached hydrogens (tertiary/aromatic N) is 2. The molecule has 204 valence electrons. The highest BCUT2D eigenvalue weighted by Crippen LogP contribution is 2.36. The first-order valence-corrected chi connectivity index (χ1v) is 13.9. The van der Waals surface area contributed by atoms with Crippen molar-refractivity contribution >= 4 is 0 Å². The first kappa shape index (κ1) is 27.3. The fourth-order valence-electron chi connectivity index (χ4n) is 4.97. The molecule has 1 aliphatic heterocycles. The Morgan fingerprint density at radius 3 is 1.77 bits per heavy atom. The highest BCUT2D eigenvalue weighted by Gasteiger charge is 2.48. The van der Waals surface area contributed by atoms with Crippen LogP contribution in [0.5, 0.6) is 0 Å². The maximum Gasteiger partial charge on any atom is 0.179 e. The van der Waals surface area contributed by atoms with E-state index in [1.165, 1.54) is 0 Å². The minimum absolute atomic E-state index is 0.317. The third-order valence-electron chi connectivity index (χ3n) is 7.08. The second kappa shape index (κ2) is 13.7. The molecule has 0 aliphatic carbocycles. The first-order valence-electron chi connectivity index (χ1n) is 13.9. The Bertz CT molecular complexity index is 1260. The highest BCUT2D eigenvalue weighted by molar-refractivity contribution is 5.16. The first-order chi connectivity index (χ1) is 19.2. The van der Waals surface area contributed by atoms with Crippen molar-refractivity contribution in [2.45, 2.75) is 71.0 Å². The van der Waals surface area contributed by atoms with Crippen LogP contribution in [0.1, 0.15) is 48.2 Å². The summed E-state index contributed by atoms with van der Waals surface area (Å²) in [4.78, 5) is 0. The number of aromatic nitrogens is 2. The van der Waals surface area contributed by atoms with Gasteiger partial charge in [0.1, 0.15) is 18.3 Å². The van der Waals surface area contributed by atoms with Crippen molar-refractivity contribution in [2.24, 2.45) is 0 Å². The molecule has 0 bridgehead atoms. The second-order valence-electron chi connectivity index (χ2n) is 9.87. The summed E-state index contributed by atoms with van der Waals surface area (Å²) in [6.07, 6.45) is 0.267. The van der Waals surface area contributed by atoms with Crippen LogP contribution in [0.4, 0.5) is 0 Å². The zero-order chi connectivity index (χ0) is 26.9. The van der Waals surface area contributed by atoms with Crippen LogP contribution in [0.3, 0.4) is 0 Å². The number of benzene rings is 3. The highest BCUT2D eigenvalue weighted by atomic mass is 16.6. The predicted octanol–water partition coefficient (Wildman–Crippen LogP) is 6.29. The van der Waals surface area contributed by atoms with Crippen molar-refractivity contribution < 1.29 is 18.9 Å². The van der Waals surface area contributed by atoms with Gasteiger partial charge in [0.25, 0.3) is 0 Å². The molecule has 39 heavy (non-hydrogen) atoms. The van der Waals surface area contributed by atoms with Crippen LogP contribution in [-0.2, 0) is 51.6 Å². The number of rotatable bonds is 13. The van der Waals surface area contributed by atoms with Crippen molar-refractivity contribution in [3.63, 3.8) is 0 Å². The lowest BCUT2D eigenvalue weighted by Crippen LogP contribution is -2.38. The summed E-state index contributed by atoms with van der Waals surface area (Å²) < 4.78 is 28.1. The largest absolute Gasteiger partial charge is 0.374 e. The summed E-state index contributed by atoms with van der Waals surface area (Å²) in [6.45, 7) is 6.08. The molecule has 0 spiro atoms. The van der Waals surface area contributed by atoms with Gasteiger partial charge in [0.05, 0.1) is 32.1 Å². The molecule has 5 rings (SSSR count). The summed E-state index contributed by atoms with van der Waals surface area (Å²) in [5.74, 6) is 0. The summed E-state index contributed by atoms with van der Waals surface area (Å²) in [6, 6.07) is 32.8. The van der Waals surface area contributed by atoms with Crippen LogP contribution in [0.2, 0.25) is 0 Å². The molecule has 1 aromatic heterocycles. The molecule has 1 aliphatic rings. The van der Waals surface area contributed by atoms with E-state index in [2.05, 4.69) is 56.3 Å². The van der Waals surface area contributed by atoms with Crippen LogP contribution in [0.15, 0.2) is 97.1 Å². The van der Waals surface area contributed by atoms with Crippen molar-refractivity contribution in [3.8, 4) is 0 Å². The average molecular weight is 527 g/mol. The smallest absolute Gasteiger partial charge is 0.179 e. The van der Waals surface area contributed by atoms with Crippen LogP contribution in [0, 0.1) is 0 Å². The van der Waals surface area contributed by atoms with E-state index in [0.717, 1.165) is 40.9 Å². The van der Waals surface area contributed by atoms with Gasteiger partial charge in [-0.3, -0.25) is 0 Å². The SMILES string of the molecule is CCc1cc(CC)n(C2O[C@H](COCc3ccccc3)[C@@H](OCc3ccccc3)[C@H]2OCc2ccccc2)n1. The lowest BCUT2D eigenvalue weighted by Gasteiger charge is -2.26. The number of ether oxygens (including phenoxy) is 4. The molecule has 6 heteroatoms. The van der Waals surface area contributed by atoms with Gasteiger partial charge >= 0.3 is 0 Å². The van der Waals surface area contributed by atoms with Crippen LogP contribution < -0.4 is 0 Å². The van der Waals surface area contributed by atoms with E-state index in [1.807, 2.05) is 59.3 Å². The molecule has 0 amide bonds. The monoisotopic (exact) mass is 526 g/mol. The van der Waals surface area contributed by atoms with Gasteiger partial charge in [0.2, 0.25) is 0 Å². The minimum Gasteiger partial charge on any atom is -0.374 e. The molecule has 6 nitrogen and oxygen atoms in total. The quantitative estimate of drug-likeness (QED) is 0.205. The Balaban J connectivity index is 1.41. The summed E-state index contributed by atoms with van der Waals surface area (Å²) in [5, 5.41) is 4.92. The fourth-order valence-corrected chi connectivity index (χ4v) is 4.97. The zero-order valence-electron chi connectivity index (χ0n) is 22.8. The molecule has 0 radical (unpaired) electrons. The molecule has 1 fully saturated rings. The van der Waals surface area contributed by atoms with Crippen molar-refractivity contribution in [1.29, 1.82) is 0 Å². The molecule has 0 saturated carbocycles. The lowest BCUT2D eigenvalue weighted by atomic mass is 10.1. The van der Waals surface area contributed by atoms with Crippen molar-refractivity contribution in [1.82, 2.24) is 9.78 Å². The minimum atomic E-state index is -0.421. The number of hydrogen-bond acceptors (Lipinski definition) is 5. The molecular weight excluding hydrogens is 488 g/mol.